The van der Waals surface area contributed by atoms with Crippen molar-refractivity contribution in [3.8, 4) is 0 Å². The Hall–Kier alpha value is -0.570. The van der Waals surface area contributed by atoms with Crippen molar-refractivity contribution < 1.29 is 4.79 Å². The molecule has 0 spiro atoms. The quantitative estimate of drug-likeness (QED) is 0.818. The number of amides is 1. The highest BCUT2D eigenvalue weighted by molar-refractivity contribution is 5.81. The van der Waals surface area contributed by atoms with Crippen molar-refractivity contribution in [1.29, 1.82) is 0 Å². The van der Waals surface area contributed by atoms with Gasteiger partial charge in [-0.1, -0.05) is 33.1 Å². The Labute approximate surface area is 105 Å². The summed E-state index contributed by atoms with van der Waals surface area (Å²) in [5.74, 6) is 1.50. The molecule has 98 valence electrons. The molecule has 1 saturated carbocycles. The van der Waals surface area contributed by atoms with Crippen LogP contribution in [0.3, 0.4) is 0 Å². The van der Waals surface area contributed by atoms with Crippen molar-refractivity contribution in [3.63, 3.8) is 0 Å². The maximum atomic E-state index is 12.0. The monoisotopic (exact) mass is 238 g/mol. The maximum absolute atomic E-state index is 12.0. The summed E-state index contributed by atoms with van der Waals surface area (Å²) >= 11 is 0. The van der Waals surface area contributed by atoms with Crippen LogP contribution in [0.25, 0.3) is 0 Å². The van der Waals surface area contributed by atoms with Crippen molar-refractivity contribution in [3.05, 3.63) is 0 Å². The number of carbonyl (C=O) groups excluding carboxylic acids is 1. The summed E-state index contributed by atoms with van der Waals surface area (Å²) < 4.78 is 0. The van der Waals surface area contributed by atoms with Crippen LogP contribution in [-0.2, 0) is 4.79 Å². The van der Waals surface area contributed by atoms with Crippen LogP contribution in [-0.4, -0.2) is 29.6 Å². The summed E-state index contributed by atoms with van der Waals surface area (Å²) in [7, 11) is 0. The van der Waals surface area contributed by atoms with E-state index in [1.807, 2.05) is 0 Å². The minimum atomic E-state index is 0.249. The Balaban J connectivity index is 2.04. The first-order chi connectivity index (χ1) is 8.11. The fourth-order valence-electron chi connectivity index (χ4n) is 3.42. The van der Waals surface area contributed by atoms with Gasteiger partial charge in [0.25, 0.3) is 0 Å². The average Bonchev–Trinajstić information content (AvgIpc) is 2.71. The van der Waals surface area contributed by atoms with Crippen LogP contribution in [0, 0.1) is 11.8 Å². The molecule has 1 aliphatic heterocycles. The molecule has 1 heterocycles. The van der Waals surface area contributed by atoms with E-state index in [9.17, 15) is 4.79 Å². The van der Waals surface area contributed by atoms with Crippen molar-refractivity contribution in [1.82, 2.24) is 10.2 Å². The molecule has 3 heteroatoms. The molecule has 1 saturated heterocycles. The van der Waals surface area contributed by atoms with Crippen molar-refractivity contribution in [2.75, 3.05) is 6.54 Å². The van der Waals surface area contributed by atoms with E-state index in [1.54, 1.807) is 0 Å². The van der Waals surface area contributed by atoms with Gasteiger partial charge < -0.3 is 4.90 Å². The predicted octanol–water partition coefficient (Wildman–Crippen LogP) is 2.37. The third-order valence-corrected chi connectivity index (χ3v) is 4.45. The third-order valence-electron chi connectivity index (χ3n) is 4.45. The van der Waals surface area contributed by atoms with Crippen molar-refractivity contribution >= 4 is 5.91 Å². The molecule has 0 bridgehead atoms. The standard InChI is InChI=1S/C14H26N2O/c1-10(2)14-15-9-13(17)16(14)11(3)12-7-5-4-6-8-12/h10-12,14-15H,4-9H2,1-3H3. The average molecular weight is 238 g/mol. The molecule has 0 aromatic heterocycles. The zero-order valence-electron chi connectivity index (χ0n) is 11.4. The molecule has 2 rings (SSSR count). The van der Waals surface area contributed by atoms with Gasteiger partial charge in [0.15, 0.2) is 0 Å². The van der Waals surface area contributed by atoms with Crippen LogP contribution in [0.1, 0.15) is 52.9 Å². The topological polar surface area (TPSA) is 32.3 Å². The summed E-state index contributed by atoms with van der Waals surface area (Å²) in [6.45, 7) is 7.16. The number of nitrogens with zero attached hydrogens (tertiary/aromatic N) is 1. The number of hydrogen-bond donors (Lipinski definition) is 1. The van der Waals surface area contributed by atoms with Gasteiger partial charge in [-0.15, -0.1) is 0 Å². The highest BCUT2D eigenvalue weighted by Gasteiger charge is 2.38. The smallest absolute Gasteiger partial charge is 0.238 e. The summed E-state index contributed by atoms with van der Waals surface area (Å²) in [5.41, 5.74) is 0. The van der Waals surface area contributed by atoms with Gasteiger partial charge in [-0.05, 0) is 31.6 Å². The molecule has 0 aromatic carbocycles. The number of rotatable bonds is 3. The molecule has 1 N–H and O–H groups in total. The minimum absolute atomic E-state index is 0.249. The van der Waals surface area contributed by atoms with Crippen LogP contribution in [0.4, 0.5) is 0 Å². The maximum Gasteiger partial charge on any atom is 0.238 e. The molecule has 1 aliphatic carbocycles. The van der Waals surface area contributed by atoms with Crippen molar-refractivity contribution in [2.45, 2.75) is 65.1 Å². The fourth-order valence-corrected chi connectivity index (χ4v) is 3.42. The fraction of sp³-hybridized carbons (Fsp3) is 0.929. The molecule has 1 amide bonds. The summed E-state index contributed by atoms with van der Waals surface area (Å²) in [5, 5.41) is 3.35. The van der Waals surface area contributed by atoms with E-state index in [4.69, 9.17) is 0 Å². The Morgan fingerprint density at radius 3 is 2.41 bits per heavy atom. The van der Waals surface area contributed by atoms with E-state index in [1.165, 1.54) is 32.1 Å². The molecule has 2 fully saturated rings. The lowest BCUT2D eigenvalue weighted by Gasteiger charge is -2.38. The molecular weight excluding hydrogens is 212 g/mol. The normalized spacial score (nSPS) is 29.1. The highest BCUT2D eigenvalue weighted by atomic mass is 16.2. The predicted molar refractivity (Wildman–Crippen MR) is 69.5 cm³/mol. The molecule has 2 atom stereocenters. The molecule has 0 radical (unpaired) electrons. The second-order valence-corrected chi connectivity index (χ2v) is 6.01. The Kier molecular flexibility index (Phi) is 4.08. The van der Waals surface area contributed by atoms with Gasteiger partial charge in [0.2, 0.25) is 5.91 Å². The van der Waals surface area contributed by atoms with E-state index < -0.39 is 0 Å². The van der Waals surface area contributed by atoms with E-state index in [2.05, 4.69) is 31.0 Å². The molecular formula is C14H26N2O. The lowest BCUT2D eigenvalue weighted by molar-refractivity contribution is -0.132. The number of nitrogens with one attached hydrogen (secondary N) is 1. The van der Waals surface area contributed by atoms with E-state index in [0.29, 0.717) is 30.3 Å². The zero-order chi connectivity index (χ0) is 12.4. The highest BCUT2D eigenvalue weighted by Crippen LogP contribution is 2.31. The van der Waals surface area contributed by atoms with Crippen molar-refractivity contribution in [2.24, 2.45) is 11.8 Å². The second kappa shape index (κ2) is 5.38. The van der Waals surface area contributed by atoms with Crippen LogP contribution < -0.4 is 5.32 Å². The molecule has 2 unspecified atom stereocenters. The Morgan fingerprint density at radius 2 is 1.82 bits per heavy atom. The van der Waals surface area contributed by atoms with E-state index in [-0.39, 0.29) is 6.17 Å². The lowest BCUT2D eigenvalue weighted by Crippen LogP contribution is -2.49. The summed E-state index contributed by atoms with van der Waals surface area (Å²) in [6.07, 6.45) is 6.92. The van der Waals surface area contributed by atoms with Gasteiger partial charge in [0, 0.05) is 6.04 Å². The van der Waals surface area contributed by atoms with Gasteiger partial charge in [0.05, 0.1) is 12.7 Å². The lowest BCUT2D eigenvalue weighted by atomic mass is 9.83. The largest absolute Gasteiger partial charge is 0.323 e. The molecule has 3 nitrogen and oxygen atoms in total. The van der Waals surface area contributed by atoms with Gasteiger partial charge in [-0.2, -0.15) is 0 Å². The van der Waals surface area contributed by atoms with E-state index >= 15 is 0 Å². The Bertz CT molecular complexity index is 271. The molecule has 17 heavy (non-hydrogen) atoms. The first-order valence-corrected chi connectivity index (χ1v) is 7.16. The second-order valence-electron chi connectivity index (χ2n) is 6.01. The first kappa shape index (κ1) is 12.9. The summed E-state index contributed by atoms with van der Waals surface area (Å²) in [6, 6.07) is 0.408. The van der Waals surface area contributed by atoms with Gasteiger partial charge >= 0.3 is 0 Å². The van der Waals surface area contributed by atoms with E-state index in [0.717, 1.165) is 0 Å². The first-order valence-electron chi connectivity index (χ1n) is 7.16. The van der Waals surface area contributed by atoms with Crippen LogP contribution in [0.5, 0.6) is 0 Å². The van der Waals surface area contributed by atoms with Gasteiger partial charge in [-0.3, -0.25) is 10.1 Å². The minimum Gasteiger partial charge on any atom is -0.323 e. The third kappa shape index (κ3) is 2.65. The zero-order valence-corrected chi connectivity index (χ0v) is 11.4. The molecule has 0 aromatic rings. The Morgan fingerprint density at radius 1 is 1.18 bits per heavy atom. The number of hydrogen-bond acceptors (Lipinski definition) is 2. The summed E-state index contributed by atoms with van der Waals surface area (Å²) in [4.78, 5) is 14.2. The number of carbonyl (C=O) groups is 1. The van der Waals surface area contributed by atoms with Gasteiger partial charge in [-0.25, -0.2) is 0 Å². The van der Waals surface area contributed by atoms with Crippen LogP contribution >= 0.6 is 0 Å². The van der Waals surface area contributed by atoms with Crippen LogP contribution in [0.2, 0.25) is 0 Å². The van der Waals surface area contributed by atoms with Crippen LogP contribution in [0.15, 0.2) is 0 Å². The van der Waals surface area contributed by atoms with Gasteiger partial charge in [0.1, 0.15) is 0 Å². The SMILES string of the molecule is CC(C)C1NCC(=O)N1C(C)C1CCCCC1. The molecule has 2 aliphatic rings.